The smallest absolute Gasteiger partial charge is 0.418 e. The van der Waals surface area contributed by atoms with Crippen molar-refractivity contribution in [2.45, 2.75) is 19.5 Å². The number of pyridine rings is 1. The fraction of sp³-hybridized carbons (Fsp3) is 0.400. The summed E-state index contributed by atoms with van der Waals surface area (Å²) >= 11 is 1.72. The molecule has 7 heteroatoms. The molecule has 0 saturated carbocycles. The van der Waals surface area contributed by atoms with Crippen LogP contribution in [-0.4, -0.2) is 17.6 Å². The molecule has 0 unspecified atom stereocenters. The van der Waals surface area contributed by atoms with Crippen LogP contribution in [0.1, 0.15) is 18.1 Å². The molecule has 0 saturated heterocycles. The normalized spacial score (nSPS) is 11.4. The van der Waals surface area contributed by atoms with Gasteiger partial charge in [0.2, 0.25) is 0 Å². The van der Waals surface area contributed by atoms with Crippen LogP contribution in [0.3, 0.4) is 0 Å². The van der Waals surface area contributed by atoms with E-state index in [1.54, 1.807) is 29.5 Å². The van der Waals surface area contributed by atoms with Crippen molar-refractivity contribution in [2.24, 2.45) is 0 Å². The number of ether oxygens (including phenoxy) is 1. The number of aromatic nitrogens is 1. The molecular weight excluding hydrogens is 350 g/mol. The van der Waals surface area contributed by atoms with Gasteiger partial charge in [0, 0.05) is 16.0 Å². The van der Waals surface area contributed by atoms with Crippen LogP contribution in [0.5, 0.6) is 0 Å². The van der Waals surface area contributed by atoms with Crippen molar-refractivity contribution in [2.75, 3.05) is 6.61 Å². The van der Waals surface area contributed by atoms with Crippen LogP contribution in [0, 0.1) is 3.57 Å². The summed E-state index contributed by atoms with van der Waals surface area (Å²) in [6.45, 7) is 1.74. The van der Waals surface area contributed by atoms with E-state index < -0.39 is 24.1 Å². The van der Waals surface area contributed by atoms with Gasteiger partial charge in [0.1, 0.15) is 0 Å². The van der Waals surface area contributed by atoms with E-state index in [1.165, 1.54) is 6.20 Å². The third kappa shape index (κ3) is 3.83. The molecule has 1 aromatic heterocycles. The molecule has 17 heavy (non-hydrogen) atoms. The van der Waals surface area contributed by atoms with E-state index in [1.807, 2.05) is 0 Å². The molecule has 0 amide bonds. The third-order valence-corrected chi connectivity index (χ3v) is 2.87. The summed E-state index contributed by atoms with van der Waals surface area (Å²) < 4.78 is 42.9. The lowest BCUT2D eigenvalue weighted by Gasteiger charge is -2.13. The van der Waals surface area contributed by atoms with Gasteiger partial charge in [0.25, 0.3) is 0 Å². The zero-order valence-corrected chi connectivity index (χ0v) is 11.0. The van der Waals surface area contributed by atoms with Crippen LogP contribution in [0.15, 0.2) is 12.4 Å². The molecule has 0 aliphatic carbocycles. The van der Waals surface area contributed by atoms with Gasteiger partial charge in [-0.05, 0) is 35.1 Å². The van der Waals surface area contributed by atoms with Gasteiger partial charge in [-0.1, -0.05) is 0 Å². The fourth-order valence-corrected chi connectivity index (χ4v) is 1.88. The Morgan fingerprint density at radius 1 is 1.47 bits per heavy atom. The van der Waals surface area contributed by atoms with Crippen LogP contribution in [0.25, 0.3) is 0 Å². The van der Waals surface area contributed by atoms with E-state index in [0.29, 0.717) is 3.57 Å². The number of nitrogens with zero attached hydrogens (tertiary/aromatic N) is 1. The number of alkyl halides is 3. The van der Waals surface area contributed by atoms with Crippen molar-refractivity contribution in [1.29, 1.82) is 0 Å². The van der Waals surface area contributed by atoms with Gasteiger partial charge < -0.3 is 4.74 Å². The highest BCUT2D eigenvalue weighted by atomic mass is 127. The molecule has 0 aliphatic rings. The lowest BCUT2D eigenvalue weighted by atomic mass is 10.1. The minimum atomic E-state index is -4.52. The van der Waals surface area contributed by atoms with E-state index in [-0.39, 0.29) is 12.2 Å². The number of carbonyl (C=O) groups is 1. The van der Waals surface area contributed by atoms with Crippen molar-refractivity contribution in [3.8, 4) is 0 Å². The van der Waals surface area contributed by atoms with E-state index in [4.69, 9.17) is 0 Å². The van der Waals surface area contributed by atoms with Crippen molar-refractivity contribution in [1.82, 2.24) is 4.98 Å². The van der Waals surface area contributed by atoms with Crippen molar-refractivity contribution >= 4 is 28.6 Å². The number of hydrogen-bond acceptors (Lipinski definition) is 3. The van der Waals surface area contributed by atoms with Gasteiger partial charge in [-0.25, -0.2) is 0 Å². The summed E-state index contributed by atoms with van der Waals surface area (Å²) in [5.41, 5.74) is -0.982. The molecule has 0 bridgehead atoms. The second-order valence-electron chi connectivity index (χ2n) is 3.13. The Hall–Kier alpha value is -0.860. The molecule has 0 atom stereocenters. The van der Waals surface area contributed by atoms with Crippen molar-refractivity contribution < 1.29 is 22.7 Å². The van der Waals surface area contributed by atoms with Crippen LogP contribution in [0.4, 0.5) is 13.2 Å². The maximum absolute atomic E-state index is 12.7. The number of carbonyl (C=O) groups excluding carboxylic acids is 1. The number of esters is 1. The maximum Gasteiger partial charge on any atom is 0.418 e. The Morgan fingerprint density at radius 2 is 2.12 bits per heavy atom. The summed E-state index contributed by atoms with van der Waals surface area (Å²) in [5, 5.41) is 0. The first kappa shape index (κ1) is 14.2. The van der Waals surface area contributed by atoms with Crippen LogP contribution >= 0.6 is 22.6 Å². The van der Waals surface area contributed by atoms with E-state index in [9.17, 15) is 18.0 Å². The minimum absolute atomic E-state index is 0.0912. The number of hydrogen-bond donors (Lipinski definition) is 0. The molecule has 0 spiro atoms. The predicted octanol–water partition coefficient (Wildman–Crippen LogP) is 2.81. The zero-order valence-electron chi connectivity index (χ0n) is 8.84. The average molecular weight is 359 g/mol. The molecular formula is C10H9F3INO2. The van der Waals surface area contributed by atoms with E-state index in [0.717, 1.165) is 6.20 Å². The fourth-order valence-electron chi connectivity index (χ4n) is 1.24. The SMILES string of the molecule is CCOC(=O)Cc1c(I)cncc1C(F)(F)F. The minimum Gasteiger partial charge on any atom is -0.466 e. The maximum atomic E-state index is 12.7. The highest BCUT2D eigenvalue weighted by Gasteiger charge is 2.35. The summed E-state index contributed by atoms with van der Waals surface area (Å²) in [7, 11) is 0. The van der Waals surface area contributed by atoms with Gasteiger partial charge in [-0.3, -0.25) is 9.78 Å². The number of rotatable bonds is 3. The van der Waals surface area contributed by atoms with E-state index in [2.05, 4.69) is 9.72 Å². The molecule has 0 radical (unpaired) electrons. The molecule has 1 aromatic rings. The van der Waals surface area contributed by atoms with Crippen LogP contribution < -0.4 is 0 Å². The average Bonchev–Trinajstić information content (AvgIpc) is 2.19. The predicted molar refractivity (Wildman–Crippen MR) is 62.3 cm³/mol. The van der Waals surface area contributed by atoms with Crippen LogP contribution in [0.2, 0.25) is 0 Å². The van der Waals surface area contributed by atoms with Gasteiger partial charge >= 0.3 is 12.1 Å². The molecule has 3 nitrogen and oxygen atoms in total. The molecule has 1 rings (SSSR count). The molecule has 94 valence electrons. The summed E-state index contributed by atoms with van der Waals surface area (Å²) in [6.07, 6.45) is -2.92. The monoisotopic (exact) mass is 359 g/mol. The van der Waals surface area contributed by atoms with Crippen LogP contribution in [-0.2, 0) is 22.1 Å². The lowest BCUT2D eigenvalue weighted by molar-refractivity contribution is -0.143. The Bertz CT molecular complexity index is 421. The molecule has 0 aromatic carbocycles. The Morgan fingerprint density at radius 3 is 2.65 bits per heavy atom. The topological polar surface area (TPSA) is 39.2 Å². The quantitative estimate of drug-likeness (QED) is 0.616. The molecule has 0 N–H and O–H groups in total. The Balaban J connectivity index is 3.09. The second-order valence-corrected chi connectivity index (χ2v) is 4.29. The van der Waals surface area contributed by atoms with E-state index >= 15 is 0 Å². The first-order valence-corrected chi connectivity index (χ1v) is 5.79. The van der Waals surface area contributed by atoms with Gasteiger partial charge in [0.05, 0.1) is 18.6 Å². The molecule has 0 aliphatic heterocycles. The zero-order chi connectivity index (χ0) is 13.1. The summed E-state index contributed by atoms with van der Waals surface area (Å²) in [6, 6.07) is 0. The first-order chi connectivity index (χ1) is 7.86. The van der Waals surface area contributed by atoms with Gasteiger partial charge in [0.15, 0.2) is 0 Å². The third-order valence-electron chi connectivity index (χ3n) is 1.94. The van der Waals surface area contributed by atoms with Gasteiger partial charge in [-0.15, -0.1) is 0 Å². The summed E-state index contributed by atoms with van der Waals surface area (Å²) in [5.74, 6) is -0.679. The van der Waals surface area contributed by atoms with Crippen molar-refractivity contribution in [3.63, 3.8) is 0 Å². The standard InChI is InChI=1S/C10H9F3INO2/c1-2-17-9(16)3-6-7(10(11,12)13)4-15-5-8(6)14/h4-5H,2-3H2,1H3. The number of halogens is 4. The highest BCUT2D eigenvalue weighted by molar-refractivity contribution is 14.1. The first-order valence-electron chi connectivity index (χ1n) is 4.71. The second kappa shape index (κ2) is 5.65. The Kier molecular flexibility index (Phi) is 4.72. The van der Waals surface area contributed by atoms with Gasteiger partial charge in [-0.2, -0.15) is 13.2 Å². The van der Waals surface area contributed by atoms with Crippen molar-refractivity contribution in [3.05, 3.63) is 27.1 Å². The molecule has 1 heterocycles. The Labute approximate surface area is 110 Å². The lowest BCUT2D eigenvalue weighted by Crippen LogP contribution is -2.16. The molecule has 0 fully saturated rings. The summed E-state index contributed by atoms with van der Waals surface area (Å²) in [4.78, 5) is 14.7. The largest absolute Gasteiger partial charge is 0.466 e. The highest BCUT2D eigenvalue weighted by Crippen LogP contribution is 2.33.